The summed E-state index contributed by atoms with van der Waals surface area (Å²) in [5, 5.41) is 15.1. The van der Waals surface area contributed by atoms with Gasteiger partial charge in [0.15, 0.2) is 5.82 Å². The van der Waals surface area contributed by atoms with Gasteiger partial charge in [-0.05, 0) is 30.2 Å². The van der Waals surface area contributed by atoms with Gasteiger partial charge in [-0.3, -0.25) is 14.9 Å². The molecule has 8 heteroatoms. The normalized spacial score (nSPS) is 12.2. The standard InChI is InChI=1S/C20H14N4O3S/c1-13-5-7-14(8-6-13)9-10-18-21-20-23(22-18)19(25)17(28-20)12-15-3-2-4-16(11-15)24(26)27/h2-12H,1H3/b10-9+,17-12+. The van der Waals surface area contributed by atoms with Crippen LogP contribution in [0.2, 0.25) is 0 Å². The van der Waals surface area contributed by atoms with Crippen molar-refractivity contribution in [2.75, 3.05) is 0 Å². The summed E-state index contributed by atoms with van der Waals surface area (Å²) in [7, 11) is 0. The number of hydrogen-bond donors (Lipinski definition) is 0. The molecular weight excluding hydrogens is 376 g/mol. The lowest BCUT2D eigenvalue weighted by Crippen LogP contribution is -2.23. The number of fused-ring (bicyclic) bond motifs is 1. The monoisotopic (exact) mass is 390 g/mol. The van der Waals surface area contributed by atoms with Gasteiger partial charge in [0.05, 0.1) is 9.46 Å². The molecule has 7 nitrogen and oxygen atoms in total. The van der Waals surface area contributed by atoms with E-state index in [2.05, 4.69) is 10.1 Å². The molecule has 28 heavy (non-hydrogen) atoms. The van der Waals surface area contributed by atoms with Crippen LogP contribution in [0.1, 0.15) is 22.5 Å². The molecule has 2 aromatic carbocycles. The Balaban J connectivity index is 1.66. The SMILES string of the molecule is Cc1ccc(/C=C/c2nc3s/c(=C/c4cccc([N+](=O)[O-])c4)c(=O)n3n2)cc1. The predicted molar refractivity (Wildman–Crippen MR) is 109 cm³/mol. The molecule has 0 bridgehead atoms. The highest BCUT2D eigenvalue weighted by Crippen LogP contribution is 2.14. The fraction of sp³-hybridized carbons (Fsp3) is 0.0500. The van der Waals surface area contributed by atoms with Crippen LogP contribution in [0.25, 0.3) is 23.2 Å². The molecule has 4 rings (SSSR count). The van der Waals surface area contributed by atoms with Crippen molar-refractivity contribution in [1.29, 1.82) is 0 Å². The molecule has 0 amide bonds. The van der Waals surface area contributed by atoms with Gasteiger partial charge in [0.2, 0.25) is 4.96 Å². The Labute approximate surface area is 163 Å². The fourth-order valence-electron chi connectivity index (χ4n) is 2.65. The number of nitrogens with zero attached hydrogens (tertiary/aromatic N) is 4. The average molecular weight is 390 g/mol. The summed E-state index contributed by atoms with van der Waals surface area (Å²) in [6, 6.07) is 14.1. The molecule has 0 aliphatic rings. The second kappa shape index (κ2) is 7.16. The molecule has 0 aliphatic carbocycles. The number of benzene rings is 2. The van der Waals surface area contributed by atoms with Crippen molar-refractivity contribution >= 4 is 40.2 Å². The summed E-state index contributed by atoms with van der Waals surface area (Å²) < 4.78 is 1.67. The van der Waals surface area contributed by atoms with Gasteiger partial charge < -0.3 is 0 Å². The van der Waals surface area contributed by atoms with Crippen molar-refractivity contribution in [2.24, 2.45) is 0 Å². The molecule has 0 fully saturated rings. The van der Waals surface area contributed by atoms with Gasteiger partial charge in [-0.25, -0.2) is 0 Å². The third-order valence-electron chi connectivity index (χ3n) is 4.08. The minimum absolute atomic E-state index is 0.0239. The highest BCUT2D eigenvalue weighted by atomic mass is 32.1. The molecular formula is C20H14N4O3S. The first-order valence-electron chi connectivity index (χ1n) is 8.40. The molecule has 4 aromatic rings. The van der Waals surface area contributed by atoms with E-state index >= 15 is 0 Å². The molecule has 0 atom stereocenters. The number of nitro benzene ring substituents is 1. The second-order valence-electron chi connectivity index (χ2n) is 6.18. The van der Waals surface area contributed by atoms with E-state index in [9.17, 15) is 14.9 Å². The van der Waals surface area contributed by atoms with E-state index in [1.807, 2.05) is 37.3 Å². The maximum absolute atomic E-state index is 12.6. The van der Waals surface area contributed by atoms with Crippen molar-refractivity contribution in [3.8, 4) is 0 Å². The molecule has 0 N–H and O–H groups in total. The lowest BCUT2D eigenvalue weighted by molar-refractivity contribution is -0.384. The molecule has 0 saturated heterocycles. The zero-order chi connectivity index (χ0) is 19.7. The highest BCUT2D eigenvalue weighted by Gasteiger charge is 2.10. The van der Waals surface area contributed by atoms with Crippen molar-refractivity contribution in [3.63, 3.8) is 0 Å². The van der Waals surface area contributed by atoms with Gasteiger partial charge in [0, 0.05) is 12.1 Å². The summed E-state index contributed by atoms with van der Waals surface area (Å²) in [6.45, 7) is 2.02. The van der Waals surface area contributed by atoms with Crippen molar-refractivity contribution in [3.05, 3.63) is 96.0 Å². The molecule has 0 aliphatic heterocycles. The summed E-state index contributed by atoms with van der Waals surface area (Å²) in [5.74, 6) is 0.450. The Bertz CT molecular complexity index is 1320. The van der Waals surface area contributed by atoms with E-state index in [0.29, 0.717) is 20.9 Å². The first kappa shape index (κ1) is 17.7. The third-order valence-corrected chi connectivity index (χ3v) is 5.04. The number of aryl methyl sites for hydroxylation is 1. The van der Waals surface area contributed by atoms with Gasteiger partial charge in [-0.1, -0.05) is 59.4 Å². The number of aromatic nitrogens is 3. The van der Waals surface area contributed by atoms with E-state index in [1.54, 1.807) is 24.3 Å². The molecule has 2 aromatic heterocycles. The topological polar surface area (TPSA) is 90.4 Å². The maximum atomic E-state index is 12.6. The van der Waals surface area contributed by atoms with Gasteiger partial charge in [-0.2, -0.15) is 9.50 Å². The van der Waals surface area contributed by atoms with Crippen LogP contribution in [0, 0.1) is 17.0 Å². The molecule has 2 heterocycles. The predicted octanol–water partition coefficient (Wildman–Crippen LogP) is 3.09. The zero-order valence-corrected chi connectivity index (χ0v) is 15.6. The summed E-state index contributed by atoms with van der Waals surface area (Å²) in [4.78, 5) is 27.8. The molecule has 0 unspecified atom stereocenters. The van der Waals surface area contributed by atoms with Crippen molar-refractivity contribution in [1.82, 2.24) is 14.6 Å². The van der Waals surface area contributed by atoms with Gasteiger partial charge in [-0.15, -0.1) is 5.10 Å². The van der Waals surface area contributed by atoms with E-state index in [1.165, 1.54) is 33.5 Å². The number of rotatable bonds is 4. The number of thiazole rings is 1. The van der Waals surface area contributed by atoms with Gasteiger partial charge in [0.1, 0.15) is 0 Å². The van der Waals surface area contributed by atoms with Gasteiger partial charge >= 0.3 is 0 Å². The Morgan fingerprint density at radius 3 is 2.61 bits per heavy atom. The average Bonchev–Trinajstić information content (AvgIpc) is 3.21. The van der Waals surface area contributed by atoms with Crippen LogP contribution in [0.15, 0.2) is 53.3 Å². The molecule has 0 radical (unpaired) electrons. The van der Waals surface area contributed by atoms with E-state index in [-0.39, 0.29) is 11.2 Å². The minimum atomic E-state index is -0.467. The zero-order valence-electron chi connectivity index (χ0n) is 14.8. The highest BCUT2D eigenvalue weighted by molar-refractivity contribution is 7.15. The first-order chi connectivity index (χ1) is 13.5. The van der Waals surface area contributed by atoms with Crippen LogP contribution >= 0.6 is 11.3 Å². The van der Waals surface area contributed by atoms with Crippen LogP contribution in [0.3, 0.4) is 0 Å². The molecule has 138 valence electrons. The van der Waals surface area contributed by atoms with Gasteiger partial charge in [0.25, 0.3) is 11.2 Å². The number of non-ortho nitro benzene ring substituents is 1. The smallest absolute Gasteiger partial charge is 0.266 e. The third kappa shape index (κ3) is 3.58. The van der Waals surface area contributed by atoms with Crippen molar-refractivity contribution < 1.29 is 4.92 Å². The lowest BCUT2D eigenvalue weighted by atomic mass is 10.1. The van der Waals surface area contributed by atoms with Crippen LogP contribution in [0.4, 0.5) is 5.69 Å². The Kier molecular flexibility index (Phi) is 4.54. The molecule has 0 saturated carbocycles. The minimum Gasteiger partial charge on any atom is -0.266 e. The first-order valence-corrected chi connectivity index (χ1v) is 9.22. The quantitative estimate of drug-likeness (QED) is 0.394. The largest absolute Gasteiger partial charge is 0.291 e. The number of hydrogen-bond acceptors (Lipinski definition) is 6. The maximum Gasteiger partial charge on any atom is 0.291 e. The second-order valence-corrected chi connectivity index (χ2v) is 7.19. The lowest BCUT2D eigenvalue weighted by Gasteiger charge is -1.93. The van der Waals surface area contributed by atoms with Crippen LogP contribution in [0.5, 0.6) is 0 Å². The van der Waals surface area contributed by atoms with E-state index in [0.717, 1.165) is 5.56 Å². The van der Waals surface area contributed by atoms with Crippen LogP contribution in [-0.4, -0.2) is 19.5 Å². The van der Waals surface area contributed by atoms with E-state index < -0.39 is 4.92 Å². The van der Waals surface area contributed by atoms with Crippen LogP contribution in [-0.2, 0) is 0 Å². The summed E-state index contributed by atoms with van der Waals surface area (Å²) in [5.41, 5.74) is 2.46. The fourth-order valence-corrected chi connectivity index (χ4v) is 3.56. The Morgan fingerprint density at radius 2 is 1.89 bits per heavy atom. The molecule has 0 spiro atoms. The Morgan fingerprint density at radius 1 is 1.11 bits per heavy atom. The Hall–Kier alpha value is -3.65. The van der Waals surface area contributed by atoms with E-state index in [4.69, 9.17) is 0 Å². The summed E-state index contributed by atoms with van der Waals surface area (Å²) >= 11 is 1.19. The summed E-state index contributed by atoms with van der Waals surface area (Å²) in [6.07, 6.45) is 5.26. The number of nitro groups is 1. The van der Waals surface area contributed by atoms with Crippen molar-refractivity contribution in [2.45, 2.75) is 6.92 Å². The van der Waals surface area contributed by atoms with Crippen LogP contribution < -0.4 is 10.1 Å².